The van der Waals surface area contributed by atoms with Gasteiger partial charge in [0.25, 0.3) is 0 Å². The molecule has 0 aliphatic carbocycles. The molecule has 0 radical (unpaired) electrons. The van der Waals surface area contributed by atoms with Gasteiger partial charge in [0.2, 0.25) is 11.8 Å². The molecule has 0 bridgehead atoms. The van der Waals surface area contributed by atoms with Crippen LogP contribution in [0.5, 0.6) is 0 Å². The fourth-order valence-corrected chi connectivity index (χ4v) is 3.74. The van der Waals surface area contributed by atoms with Crippen molar-refractivity contribution in [3.05, 3.63) is 65.2 Å². The SMILES string of the molecule is O=C1CC(C(=O)N2CCCc3ccccc3C2)c2ccccc2N1. The highest BCUT2D eigenvalue weighted by atomic mass is 16.2. The van der Waals surface area contributed by atoms with Crippen LogP contribution < -0.4 is 5.32 Å². The maximum Gasteiger partial charge on any atom is 0.231 e. The van der Waals surface area contributed by atoms with Gasteiger partial charge in [-0.1, -0.05) is 42.5 Å². The van der Waals surface area contributed by atoms with E-state index in [2.05, 4.69) is 23.5 Å². The summed E-state index contributed by atoms with van der Waals surface area (Å²) in [4.78, 5) is 27.1. The molecule has 2 heterocycles. The third-order valence-electron chi connectivity index (χ3n) is 4.96. The molecule has 0 aromatic heterocycles. The number of nitrogens with zero attached hydrogens (tertiary/aromatic N) is 1. The Hall–Kier alpha value is -2.62. The van der Waals surface area contributed by atoms with Crippen LogP contribution in [0, 0.1) is 0 Å². The first-order valence-electron chi connectivity index (χ1n) is 8.47. The number of benzene rings is 2. The minimum Gasteiger partial charge on any atom is -0.338 e. The van der Waals surface area contributed by atoms with E-state index in [1.807, 2.05) is 35.2 Å². The van der Waals surface area contributed by atoms with Gasteiger partial charge in [-0.3, -0.25) is 9.59 Å². The van der Waals surface area contributed by atoms with Crippen LogP contribution in [0.25, 0.3) is 0 Å². The van der Waals surface area contributed by atoms with Crippen LogP contribution in [-0.4, -0.2) is 23.3 Å². The molecule has 4 nitrogen and oxygen atoms in total. The highest BCUT2D eigenvalue weighted by Gasteiger charge is 2.33. The highest BCUT2D eigenvalue weighted by molar-refractivity contribution is 6.01. The smallest absolute Gasteiger partial charge is 0.231 e. The van der Waals surface area contributed by atoms with Crippen LogP contribution in [0.3, 0.4) is 0 Å². The van der Waals surface area contributed by atoms with Gasteiger partial charge in [0.05, 0.1) is 5.92 Å². The lowest BCUT2D eigenvalue weighted by molar-refractivity contribution is -0.135. The Bertz CT molecular complexity index is 800. The standard InChI is InChI=1S/C20H20N2O2/c23-19-12-17(16-9-3-4-10-18(16)21-19)20(24)22-11-5-8-14-6-1-2-7-15(14)13-22/h1-4,6-7,9-10,17H,5,8,11-13H2,(H,21,23). The number of amides is 2. The Morgan fingerprint density at radius 3 is 2.67 bits per heavy atom. The molecule has 2 aliphatic rings. The van der Waals surface area contributed by atoms with Crippen LogP contribution in [0.15, 0.2) is 48.5 Å². The maximum absolute atomic E-state index is 13.2. The van der Waals surface area contributed by atoms with Gasteiger partial charge < -0.3 is 10.2 Å². The van der Waals surface area contributed by atoms with E-state index < -0.39 is 0 Å². The molecular formula is C20H20N2O2. The van der Waals surface area contributed by atoms with Crippen molar-refractivity contribution in [3.8, 4) is 0 Å². The van der Waals surface area contributed by atoms with Crippen LogP contribution >= 0.6 is 0 Å². The van der Waals surface area contributed by atoms with E-state index in [1.165, 1.54) is 11.1 Å². The number of hydrogen-bond acceptors (Lipinski definition) is 2. The van der Waals surface area contributed by atoms with E-state index >= 15 is 0 Å². The lowest BCUT2D eigenvalue weighted by Gasteiger charge is -2.30. The van der Waals surface area contributed by atoms with E-state index in [1.54, 1.807) is 0 Å². The van der Waals surface area contributed by atoms with Gasteiger partial charge in [-0.05, 0) is 35.6 Å². The molecule has 2 aliphatic heterocycles. The van der Waals surface area contributed by atoms with Gasteiger partial charge >= 0.3 is 0 Å². The summed E-state index contributed by atoms with van der Waals surface area (Å²) in [7, 11) is 0. The Morgan fingerprint density at radius 2 is 1.79 bits per heavy atom. The second kappa shape index (κ2) is 6.11. The number of nitrogens with one attached hydrogen (secondary N) is 1. The molecule has 4 heteroatoms. The summed E-state index contributed by atoms with van der Waals surface area (Å²) >= 11 is 0. The van der Waals surface area contributed by atoms with E-state index in [4.69, 9.17) is 0 Å². The van der Waals surface area contributed by atoms with Gasteiger partial charge in [-0.2, -0.15) is 0 Å². The van der Waals surface area contributed by atoms with Crippen molar-refractivity contribution in [2.24, 2.45) is 0 Å². The highest BCUT2D eigenvalue weighted by Crippen LogP contribution is 2.34. The summed E-state index contributed by atoms with van der Waals surface area (Å²) in [6.45, 7) is 1.38. The average molecular weight is 320 g/mol. The van der Waals surface area contributed by atoms with Crippen molar-refractivity contribution in [2.45, 2.75) is 31.7 Å². The first-order chi connectivity index (χ1) is 11.7. The molecule has 2 aromatic carbocycles. The van der Waals surface area contributed by atoms with Crippen molar-refractivity contribution < 1.29 is 9.59 Å². The summed E-state index contributed by atoms with van der Waals surface area (Å²) in [5.41, 5.74) is 4.24. The Labute approximate surface area is 141 Å². The minimum atomic E-state index is -0.375. The maximum atomic E-state index is 13.2. The zero-order chi connectivity index (χ0) is 16.5. The molecule has 4 rings (SSSR count). The van der Waals surface area contributed by atoms with Crippen LogP contribution in [-0.2, 0) is 22.6 Å². The van der Waals surface area contributed by atoms with Crippen molar-refractivity contribution in [3.63, 3.8) is 0 Å². The summed E-state index contributed by atoms with van der Waals surface area (Å²) in [5.74, 6) is -0.392. The van der Waals surface area contributed by atoms with Crippen LogP contribution in [0.2, 0.25) is 0 Å². The number of anilines is 1. The molecule has 0 fully saturated rings. The molecule has 2 aromatic rings. The quantitative estimate of drug-likeness (QED) is 0.878. The monoisotopic (exact) mass is 320 g/mol. The Balaban J connectivity index is 1.63. The molecule has 0 saturated heterocycles. The van der Waals surface area contributed by atoms with Crippen LogP contribution in [0.4, 0.5) is 5.69 Å². The zero-order valence-electron chi connectivity index (χ0n) is 13.5. The van der Waals surface area contributed by atoms with E-state index in [0.717, 1.165) is 30.6 Å². The van der Waals surface area contributed by atoms with Gasteiger partial charge in [-0.25, -0.2) is 0 Å². The number of carbonyl (C=O) groups is 2. The lowest BCUT2D eigenvalue weighted by atomic mass is 9.89. The van der Waals surface area contributed by atoms with E-state index in [9.17, 15) is 9.59 Å². The number of hydrogen-bond donors (Lipinski definition) is 1. The van der Waals surface area contributed by atoms with Gasteiger partial charge in [0, 0.05) is 25.2 Å². The molecule has 24 heavy (non-hydrogen) atoms. The van der Waals surface area contributed by atoms with Crippen LogP contribution in [0.1, 0.15) is 35.4 Å². The molecule has 2 amide bonds. The summed E-state index contributed by atoms with van der Waals surface area (Å²) in [5, 5.41) is 2.87. The predicted octanol–water partition coefficient (Wildman–Crippen LogP) is 3.09. The van der Waals surface area contributed by atoms with Crippen molar-refractivity contribution >= 4 is 17.5 Å². The second-order valence-corrected chi connectivity index (χ2v) is 6.52. The normalized spacial score (nSPS) is 19.8. The summed E-state index contributed by atoms with van der Waals surface area (Å²) < 4.78 is 0. The molecule has 0 saturated carbocycles. The van der Waals surface area contributed by atoms with Gasteiger partial charge in [0.1, 0.15) is 0 Å². The lowest BCUT2D eigenvalue weighted by Crippen LogP contribution is -2.38. The Morgan fingerprint density at radius 1 is 1.04 bits per heavy atom. The van der Waals surface area contributed by atoms with Crippen molar-refractivity contribution in [1.29, 1.82) is 0 Å². The number of fused-ring (bicyclic) bond motifs is 2. The van der Waals surface area contributed by atoms with E-state index in [0.29, 0.717) is 6.54 Å². The van der Waals surface area contributed by atoms with Crippen molar-refractivity contribution in [1.82, 2.24) is 4.90 Å². The predicted molar refractivity (Wildman–Crippen MR) is 92.6 cm³/mol. The third-order valence-corrected chi connectivity index (χ3v) is 4.96. The molecule has 1 atom stereocenters. The van der Waals surface area contributed by atoms with E-state index in [-0.39, 0.29) is 24.2 Å². The number of rotatable bonds is 1. The fourth-order valence-electron chi connectivity index (χ4n) is 3.74. The second-order valence-electron chi connectivity index (χ2n) is 6.52. The first-order valence-corrected chi connectivity index (χ1v) is 8.47. The van der Waals surface area contributed by atoms with Gasteiger partial charge in [0.15, 0.2) is 0 Å². The number of carbonyl (C=O) groups excluding carboxylic acids is 2. The molecule has 122 valence electrons. The largest absolute Gasteiger partial charge is 0.338 e. The molecule has 1 N–H and O–H groups in total. The first kappa shape index (κ1) is 14.9. The van der Waals surface area contributed by atoms with Gasteiger partial charge in [-0.15, -0.1) is 0 Å². The zero-order valence-corrected chi connectivity index (χ0v) is 13.5. The summed E-state index contributed by atoms with van der Waals surface area (Å²) in [6.07, 6.45) is 2.19. The minimum absolute atomic E-state index is 0.0639. The average Bonchev–Trinajstić information content (AvgIpc) is 2.82. The third kappa shape index (κ3) is 2.68. The molecule has 1 unspecified atom stereocenters. The summed E-state index contributed by atoms with van der Waals surface area (Å²) in [6, 6.07) is 15.9. The number of aryl methyl sites for hydroxylation is 1. The van der Waals surface area contributed by atoms with Crippen molar-refractivity contribution in [2.75, 3.05) is 11.9 Å². The number of para-hydroxylation sites is 1. The fraction of sp³-hybridized carbons (Fsp3) is 0.300. The molecule has 0 spiro atoms. The Kier molecular flexibility index (Phi) is 3.81. The topological polar surface area (TPSA) is 49.4 Å². The molecular weight excluding hydrogens is 300 g/mol.